The standard InChI is InChI=1S/C9H12O4/c1-3-8(10)11-5-7-6-12-9(4-2)13-7/h3-4,7H,1,5-6H2,2H3. The summed E-state index contributed by atoms with van der Waals surface area (Å²) in [6, 6.07) is 0. The lowest BCUT2D eigenvalue weighted by Gasteiger charge is -2.06. The van der Waals surface area contributed by atoms with Gasteiger partial charge in [-0.1, -0.05) is 6.58 Å². The molecule has 1 saturated heterocycles. The SMILES string of the molecule is C=CC(=O)OCC1COC(=CC)O1. The van der Waals surface area contributed by atoms with E-state index in [1.807, 2.05) is 6.92 Å². The molecule has 1 aliphatic heterocycles. The van der Waals surface area contributed by atoms with E-state index >= 15 is 0 Å². The number of rotatable bonds is 3. The third kappa shape index (κ3) is 2.82. The lowest BCUT2D eigenvalue weighted by atomic mass is 10.4. The van der Waals surface area contributed by atoms with Crippen molar-refractivity contribution in [2.24, 2.45) is 0 Å². The van der Waals surface area contributed by atoms with Crippen LogP contribution < -0.4 is 0 Å². The first-order valence-corrected chi connectivity index (χ1v) is 4.01. The van der Waals surface area contributed by atoms with Crippen LogP contribution in [0.4, 0.5) is 0 Å². The summed E-state index contributed by atoms with van der Waals surface area (Å²) < 4.78 is 15.1. The van der Waals surface area contributed by atoms with Gasteiger partial charge in [0.05, 0.1) is 0 Å². The molecule has 0 saturated carbocycles. The lowest BCUT2D eigenvalue weighted by Crippen LogP contribution is -2.19. The van der Waals surface area contributed by atoms with Gasteiger partial charge in [0, 0.05) is 6.08 Å². The van der Waals surface area contributed by atoms with Gasteiger partial charge in [-0.15, -0.1) is 0 Å². The van der Waals surface area contributed by atoms with Crippen molar-refractivity contribution in [3.8, 4) is 0 Å². The minimum absolute atomic E-state index is 0.197. The summed E-state index contributed by atoms with van der Waals surface area (Å²) in [5.74, 6) is 0.0391. The molecule has 1 heterocycles. The number of hydrogen-bond acceptors (Lipinski definition) is 4. The predicted molar refractivity (Wildman–Crippen MR) is 45.7 cm³/mol. The van der Waals surface area contributed by atoms with Crippen molar-refractivity contribution < 1.29 is 19.0 Å². The first kappa shape index (κ1) is 9.64. The van der Waals surface area contributed by atoms with Crippen molar-refractivity contribution in [1.82, 2.24) is 0 Å². The molecule has 13 heavy (non-hydrogen) atoms. The number of hydrogen-bond donors (Lipinski definition) is 0. The van der Waals surface area contributed by atoms with E-state index in [0.717, 1.165) is 6.08 Å². The zero-order valence-corrected chi connectivity index (χ0v) is 7.49. The van der Waals surface area contributed by atoms with Gasteiger partial charge in [0.15, 0.2) is 6.10 Å². The van der Waals surface area contributed by atoms with E-state index in [1.54, 1.807) is 6.08 Å². The summed E-state index contributed by atoms with van der Waals surface area (Å²) in [7, 11) is 0. The topological polar surface area (TPSA) is 44.8 Å². The molecule has 0 amide bonds. The molecule has 0 bridgehead atoms. The van der Waals surface area contributed by atoms with Gasteiger partial charge in [0.25, 0.3) is 5.95 Å². The minimum atomic E-state index is -0.447. The Kier molecular flexibility index (Phi) is 3.37. The van der Waals surface area contributed by atoms with E-state index in [9.17, 15) is 4.79 Å². The van der Waals surface area contributed by atoms with Crippen LogP contribution in [0.25, 0.3) is 0 Å². The molecule has 1 rings (SSSR count). The Morgan fingerprint density at radius 1 is 1.85 bits per heavy atom. The summed E-state index contributed by atoms with van der Waals surface area (Å²) in [5, 5.41) is 0. The number of carbonyl (C=O) groups excluding carboxylic acids is 1. The van der Waals surface area contributed by atoms with Gasteiger partial charge >= 0.3 is 5.97 Å². The average molecular weight is 184 g/mol. The Balaban J connectivity index is 2.24. The second-order valence-electron chi connectivity index (χ2n) is 2.49. The maximum absolute atomic E-state index is 10.7. The second kappa shape index (κ2) is 4.54. The Bertz CT molecular complexity index is 232. The van der Waals surface area contributed by atoms with Gasteiger partial charge in [-0.2, -0.15) is 0 Å². The largest absolute Gasteiger partial charge is 0.462 e. The van der Waals surface area contributed by atoms with E-state index in [2.05, 4.69) is 6.58 Å². The van der Waals surface area contributed by atoms with Crippen LogP contribution in [0.15, 0.2) is 24.7 Å². The highest BCUT2D eigenvalue weighted by molar-refractivity contribution is 5.81. The molecule has 0 radical (unpaired) electrons. The van der Waals surface area contributed by atoms with E-state index in [1.165, 1.54) is 0 Å². The van der Waals surface area contributed by atoms with Crippen LogP contribution in [0.5, 0.6) is 0 Å². The minimum Gasteiger partial charge on any atom is -0.462 e. The zero-order chi connectivity index (χ0) is 9.68. The third-order valence-corrected chi connectivity index (χ3v) is 1.51. The molecule has 1 unspecified atom stereocenters. The van der Waals surface area contributed by atoms with Crippen molar-refractivity contribution in [1.29, 1.82) is 0 Å². The van der Waals surface area contributed by atoms with Crippen LogP contribution in [0.2, 0.25) is 0 Å². The molecule has 0 N–H and O–H groups in total. The highest BCUT2D eigenvalue weighted by Gasteiger charge is 2.22. The van der Waals surface area contributed by atoms with Crippen molar-refractivity contribution >= 4 is 5.97 Å². The maximum atomic E-state index is 10.7. The molecule has 4 nitrogen and oxygen atoms in total. The summed E-state index contributed by atoms with van der Waals surface area (Å²) >= 11 is 0. The molecular weight excluding hydrogens is 172 g/mol. The number of allylic oxidation sites excluding steroid dienone is 1. The van der Waals surface area contributed by atoms with E-state index < -0.39 is 5.97 Å². The van der Waals surface area contributed by atoms with Crippen LogP contribution in [0.1, 0.15) is 6.92 Å². The first-order valence-electron chi connectivity index (χ1n) is 4.01. The lowest BCUT2D eigenvalue weighted by molar-refractivity contribution is -0.140. The van der Waals surface area contributed by atoms with Crippen molar-refractivity contribution in [3.63, 3.8) is 0 Å². The van der Waals surface area contributed by atoms with Crippen molar-refractivity contribution in [3.05, 3.63) is 24.7 Å². The van der Waals surface area contributed by atoms with Crippen molar-refractivity contribution in [2.75, 3.05) is 13.2 Å². The molecule has 0 aromatic heterocycles. The zero-order valence-electron chi connectivity index (χ0n) is 7.49. The molecule has 1 aliphatic rings. The van der Waals surface area contributed by atoms with Crippen molar-refractivity contribution in [2.45, 2.75) is 13.0 Å². The van der Waals surface area contributed by atoms with Gasteiger partial charge < -0.3 is 14.2 Å². The van der Waals surface area contributed by atoms with E-state index in [-0.39, 0.29) is 12.7 Å². The highest BCUT2D eigenvalue weighted by atomic mass is 16.7. The predicted octanol–water partition coefficient (Wildman–Crippen LogP) is 0.992. The molecule has 0 spiro atoms. The quantitative estimate of drug-likeness (QED) is 0.484. The summed E-state index contributed by atoms with van der Waals surface area (Å²) in [5.41, 5.74) is 0. The summed E-state index contributed by atoms with van der Waals surface area (Å²) in [6.45, 7) is 5.71. The van der Waals surface area contributed by atoms with Crippen LogP contribution >= 0.6 is 0 Å². The summed E-state index contributed by atoms with van der Waals surface area (Å²) in [6.07, 6.45) is 2.64. The fourth-order valence-electron chi connectivity index (χ4n) is 0.875. The van der Waals surface area contributed by atoms with Gasteiger partial charge in [-0.05, 0) is 13.0 Å². The number of carbonyl (C=O) groups is 1. The normalized spacial score (nSPS) is 23.5. The Morgan fingerprint density at radius 3 is 3.15 bits per heavy atom. The number of esters is 1. The van der Waals surface area contributed by atoms with Crippen LogP contribution in [-0.4, -0.2) is 25.3 Å². The van der Waals surface area contributed by atoms with Gasteiger partial charge in [0.2, 0.25) is 0 Å². The van der Waals surface area contributed by atoms with Crippen LogP contribution in [-0.2, 0) is 19.0 Å². The van der Waals surface area contributed by atoms with E-state index in [0.29, 0.717) is 12.6 Å². The van der Waals surface area contributed by atoms with E-state index in [4.69, 9.17) is 14.2 Å². The third-order valence-electron chi connectivity index (χ3n) is 1.51. The fourth-order valence-corrected chi connectivity index (χ4v) is 0.875. The van der Waals surface area contributed by atoms with Crippen LogP contribution in [0.3, 0.4) is 0 Å². The molecule has 0 aliphatic carbocycles. The van der Waals surface area contributed by atoms with Gasteiger partial charge in [0.1, 0.15) is 13.2 Å². The second-order valence-corrected chi connectivity index (χ2v) is 2.49. The molecule has 0 aromatic rings. The molecule has 72 valence electrons. The molecule has 0 aromatic carbocycles. The molecule has 1 atom stereocenters. The number of ether oxygens (including phenoxy) is 3. The Hall–Kier alpha value is -1.45. The van der Waals surface area contributed by atoms with Gasteiger partial charge in [-0.3, -0.25) is 0 Å². The van der Waals surface area contributed by atoms with Gasteiger partial charge in [-0.25, -0.2) is 4.79 Å². The average Bonchev–Trinajstić information content (AvgIpc) is 2.61. The van der Waals surface area contributed by atoms with Crippen LogP contribution in [0, 0.1) is 0 Å². The molecular formula is C9H12O4. The Labute approximate surface area is 76.8 Å². The summed E-state index contributed by atoms with van der Waals surface area (Å²) in [4.78, 5) is 10.7. The smallest absolute Gasteiger partial charge is 0.330 e. The molecule has 1 fully saturated rings. The fraction of sp³-hybridized carbons (Fsp3) is 0.444. The maximum Gasteiger partial charge on any atom is 0.330 e. The Morgan fingerprint density at radius 2 is 2.62 bits per heavy atom. The monoisotopic (exact) mass is 184 g/mol. The molecule has 4 heteroatoms. The first-order chi connectivity index (χ1) is 6.26. The highest BCUT2D eigenvalue weighted by Crippen LogP contribution is 2.14.